The minimum atomic E-state index is 0. The highest BCUT2D eigenvalue weighted by molar-refractivity contribution is 5.84. The summed E-state index contributed by atoms with van der Waals surface area (Å²) in [5.74, 6) is 0. The maximum Gasteiger partial charge on any atom is 0.0346 e. The molecule has 12 heavy (non-hydrogen) atoms. The van der Waals surface area contributed by atoms with Gasteiger partial charge >= 0.3 is 0 Å². The van der Waals surface area contributed by atoms with Crippen LogP contribution in [0.4, 0.5) is 0 Å². The Morgan fingerprint density at radius 3 is 2.75 bits per heavy atom. The summed E-state index contributed by atoms with van der Waals surface area (Å²) < 4.78 is 0. The van der Waals surface area contributed by atoms with E-state index in [0.717, 1.165) is 0 Å². The van der Waals surface area contributed by atoms with Gasteiger partial charge in [0.15, 0.2) is 0 Å². The van der Waals surface area contributed by atoms with Crippen molar-refractivity contribution in [3.05, 3.63) is 42.2 Å². The average molecular weight is 157 g/mol. The van der Waals surface area contributed by atoms with Crippen molar-refractivity contribution in [2.24, 2.45) is 0 Å². The fraction of sp³-hybridized carbons (Fsp3) is 0.100. The smallest absolute Gasteiger partial charge is 0.0346 e. The van der Waals surface area contributed by atoms with E-state index in [4.69, 9.17) is 0 Å². The van der Waals surface area contributed by atoms with Crippen LogP contribution in [0, 0.1) is 6.92 Å². The van der Waals surface area contributed by atoms with Crippen LogP contribution in [-0.2, 0) is 0 Å². The molecule has 2 nitrogen and oxygen atoms in total. The molecule has 2 aromatic rings. The van der Waals surface area contributed by atoms with Gasteiger partial charge in [0.05, 0.1) is 0 Å². The lowest BCUT2D eigenvalue weighted by molar-refractivity contribution is 1.36. The first-order valence-corrected chi connectivity index (χ1v) is 3.67. The van der Waals surface area contributed by atoms with E-state index in [0.29, 0.717) is 0 Å². The molecule has 1 heterocycles. The van der Waals surface area contributed by atoms with Crippen LogP contribution >= 0.6 is 0 Å². The van der Waals surface area contributed by atoms with Crippen LogP contribution < -0.4 is 6.15 Å². The first kappa shape index (κ1) is 8.68. The number of hydrogen-bond acceptors (Lipinski definition) is 1. The first-order valence-electron chi connectivity index (χ1n) is 3.67. The Kier molecular flexibility index (Phi) is 2.41. The van der Waals surface area contributed by atoms with Gasteiger partial charge in [0.25, 0.3) is 0 Å². The van der Waals surface area contributed by atoms with Crippen LogP contribution in [0.5, 0.6) is 0 Å². The second-order valence-corrected chi connectivity index (χ2v) is 2.67. The molecule has 0 aliphatic carbocycles. The summed E-state index contributed by atoms with van der Waals surface area (Å²) in [6, 6.07) is 8.29. The van der Waals surface area contributed by atoms with Gasteiger partial charge in [-0.2, -0.15) is 0 Å². The fourth-order valence-corrected chi connectivity index (χ4v) is 1.28. The summed E-state index contributed by atoms with van der Waals surface area (Å²) in [6.07, 6.45) is 3.72. The first-order chi connectivity index (χ1) is 5.38. The predicted octanol–water partition coefficient (Wildman–Crippen LogP) is 2.06. The lowest BCUT2D eigenvalue weighted by Crippen LogP contribution is -1.77. The van der Waals surface area contributed by atoms with E-state index < -0.39 is 0 Å². The van der Waals surface area contributed by atoms with E-state index in [-0.39, 0.29) is 6.15 Å². The molecule has 2 rings (SSSR count). The maximum atomic E-state index is 4.05. The van der Waals surface area contributed by atoms with Crippen molar-refractivity contribution in [2.75, 3.05) is 0 Å². The Labute approximate surface area is 71.8 Å². The van der Waals surface area contributed by atoms with Crippen LogP contribution in [0.15, 0.2) is 36.7 Å². The van der Waals surface area contributed by atoms with Crippen molar-refractivity contribution >= 4 is 10.8 Å². The molecule has 0 saturated heterocycles. The Balaban J connectivity index is 0.000000720. The van der Waals surface area contributed by atoms with E-state index >= 15 is 0 Å². The third-order valence-electron chi connectivity index (χ3n) is 1.90. The Morgan fingerprint density at radius 1 is 1.17 bits per heavy atom. The fourth-order valence-electron chi connectivity index (χ4n) is 1.28. The number of benzene rings is 1. The van der Waals surface area contributed by atoms with Gasteiger partial charge in [0.2, 0.25) is 0 Å². The number of pyridine rings is 1. The zero-order valence-corrected chi connectivity index (χ0v) is 6.86. The molecule has 0 fully saturated rings. The summed E-state index contributed by atoms with van der Waals surface area (Å²) >= 11 is 0. The molecule has 0 saturated carbocycles. The Hall–Kier alpha value is -1.41. The molecule has 0 aliphatic heterocycles. The number of rotatable bonds is 0. The molecule has 59 valence electrons. The minimum absolute atomic E-state index is 0. The minimum Gasteiger partial charge on any atom is -0.264 e. The molecular formula is C10H9N2. The second kappa shape index (κ2) is 3.32. The molecular weight excluding hydrogens is 148 g/mol. The van der Waals surface area contributed by atoms with Crippen LogP contribution in [0.2, 0.25) is 0 Å². The maximum absolute atomic E-state index is 4.05. The molecule has 0 unspecified atom stereocenters. The standard InChI is InChI=1S/C10H9N.N/c1-8-3-2-4-9-7-11-6-5-10(8)9;/h2-7H,1H3;. The van der Waals surface area contributed by atoms with E-state index in [2.05, 4.69) is 30.1 Å². The summed E-state index contributed by atoms with van der Waals surface area (Å²) in [4.78, 5) is 4.05. The topological polar surface area (TPSA) is 43.4 Å². The largest absolute Gasteiger partial charge is 0.264 e. The van der Waals surface area contributed by atoms with Crippen LogP contribution in [0.1, 0.15) is 5.56 Å². The summed E-state index contributed by atoms with van der Waals surface area (Å²) in [5.41, 5.74) is 1.31. The van der Waals surface area contributed by atoms with E-state index in [1.54, 1.807) is 0 Å². The van der Waals surface area contributed by atoms with Crippen LogP contribution in [0.3, 0.4) is 0 Å². The van der Waals surface area contributed by atoms with E-state index in [1.165, 1.54) is 16.3 Å². The van der Waals surface area contributed by atoms with Gasteiger partial charge in [-0.1, -0.05) is 18.2 Å². The molecule has 0 bridgehead atoms. The van der Waals surface area contributed by atoms with Crippen LogP contribution in [0.25, 0.3) is 10.8 Å². The zero-order chi connectivity index (χ0) is 7.68. The summed E-state index contributed by atoms with van der Waals surface area (Å²) in [7, 11) is 0. The third kappa shape index (κ3) is 1.29. The molecule has 0 amide bonds. The Bertz CT molecular complexity index is 377. The second-order valence-electron chi connectivity index (χ2n) is 2.67. The number of nitrogens with zero attached hydrogens (tertiary/aromatic N) is 2. The van der Waals surface area contributed by atoms with Crippen molar-refractivity contribution < 1.29 is 0 Å². The molecule has 2 heteroatoms. The van der Waals surface area contributed by atoms with Gasteiger partial charge in [-0.15, -0.1) is 0 Å². The van der Waals surface area contributed by atoms with Gasteiger partial charge < -0.3 is 0 Å². The zero-order valence-electron chi connectivity index (χ0n) is 6.86. The van der Waals surface area contributed by atoms with Gasteiger partial charge in [0, 0.05) is 23.9 Å². The van der Waals surface area contributed by atoms with Crippen molar-refractivity contribution in [3.8, 4) is 0 Å². The average Bonchev–Trinajstić information content (AvgIpc) is 2.06. The van der Waals surface area contributed by atoms with Crippen LogP contribution in [-0.4, -0.2) is 4.98 Å². The molecule has 3 radical (unpaired) electrons. The molecule has 1 aromatic heterocycles. The molecule has 0 N–H and O–H groups in total. The summed E-state index contributed by atoms with van der Waals surface area (Å²) in [5, 5.41) is 2.51. The van der Waals surface area contributed by atoms with Crippen molar-refractivity contribution in [1.82, 2.24) is 11.1 Å². The number of hydrogen-bond donors (Lipinski definition) is 0. The van der Waals surface area contributed by atoms with E-state index in [1.807, 2.05) is 18.5 Å². The number of fused-ring (bicyclic) bond motifs is 1. The lowest BCUT2D eigenvalue weighted by atomic mass is 10.1. The third-order valence-corrected chi connectivity index (χ3v) is 1.90. The van der Waals surface area contributed by atoms with E-state index in [9.17, 15) is 0 Å². The van der Waals surface area contributed by atoms with Gasteiger partial charge in [0.1, 0.15) is 0 Å². The molecule has 0 spiro atoms. The van der Waals surface area contributed by atoms with Crippen molar-refractivity contribution in [2.45, 2.75) is 6.92 Å². The summed E-state index contributed by atoms with van der Waals surface area (Å²) in [6.45, 7) is 2.11. The Morgan fingerprint density at radius 2 is 2.00 bits per heavy atom. The van der Waals surface area contributed by atoms with Crippen molar-refractivity contribution in [3.63, 3.8) is 0 Å². The van der Waals surface area contributed by atoms with Gasteiger partial charge in [-0.05, 0) is 23.9 Å². The molecule has 0 atom stereocenters. The highest BCUT2D eigenvalue weighted by Gasteiger charge is 1.92. The van der Waals surface area contributed by atoms with Crippen molar-refractivity contribution in [1.29, 1.82) is 0 Å². The number of aromatic nitrogens is 1. The highest BCUT2D eigenvalue weighted by Crippen LogP contribution is 2.15. The molecule has 1 aromatic carbocycles. The monoisotopic (exact) mass is 157 g/mol. The molecule has 0 aliphatic rings. The predicted molar refractivity (Wildman–Crippen MR) is 48.6 cm³/mol. The highest BCUT2D eigenvalue weighted by atomic mass is 14.6. The normalized spacial score (nSPS) is 9.42. The van der Waals surface area contributed by atoms with Gasteiger partial charge in [-0.3, -0.25) is 4.98 Å². The SMILES string of the molecule is Cc1cccc2cnccc12.[N]. The lowest BCUT2D eigenvalue weighted by Gasteiger charge is -1.98. The van der Waals surface area contributed by atoms with Gasteiger partial charge in [-0.25, -0.2) is 0 Å². The number of aryl methyl sites for hydroxylation is 1. The quantitative estimate of drug-likeness (QED) is 0.577.